The van der Waals surface area contributed by atoms with E-state index < -0.39 is 124 Å². The van der Waals surface area contributed by atoms with Gasteiger partial charge in [0.15, 0.2) is 0 Å². The summed E-state index contributed by atoms with van der Waals surface area (Å²) in [5.74, 6) is -50.2. The second-order valence-electron chi connectivity index (χ2n) is 14.3. The average molecular weight is 1040 g/mol. The van der Waals surface area contributed by atoms with Gasteiger partial charge in [0, 0.05) is 17.3 Å². The van der Waals surface area contributed by atoms with E-state index in [9.17, 15) is 121 Å². The third-order valence-corrected chi connectivity index (χ3v) is 6.18. The van der Waals surface area contributed by atoms with Gasteiger partial charge in [-0.2, -0.15) is 92.2 Å². The molecule has 0 unspecified atom stereocenters. The second kappa shape index (κ2) is 19.0. The molecule has 0 amide bonds. The van der Waals surface area contributed by atoms with Crippen molar-refractivity contribution in [2.24, 2.45) is 16.2 Å². The predicted molar refractivity (Wildman–Crippen MR) is 149 cm³/mol. The van der Waals surface area contributed by atoms with E-state index in [1.54, 1.807) is 0 Å². The van der Waals surface area contributed by atoms with Gasteiger partial charge in [-0.25, -0.2) is 0 Å². The number of ketones is 6. The summed E-state index contributed by atoms with van der Waals surface area (Å²) in [4.78, 5) is 65.9. The monoisotopic (exact) mass is 1040 g/mol. The molecule has 6 nitrogen and oxygen atoms in total. The van der Waals surface area contributed by atoms with Crippen molar-refractivity contribution in [2.45, 2.75) is 116 Å². The van der Waals surface area contributed by atoms with Crippen LogP contribution in [0.1, 0.15) is 62.3 Å². The Kier molecular flexibility index (Phi) is 20.4. The van der Waals surface area contributed by atoms with Gasteiger partial charge in [0.1, 0.15) is 0 Å². The summed E-state index contributed by atoms with van der Waals surface area (Å²) in [5.41, 5.74) is -4.09. The number of hydrogen-bond donors (Lipinski definition) is 0. The quantitative estimate of drug-likeness (QED) is 0.110. The first-order valence-corrected chi connectivity index (χ1v) is 14.4. The van der Waals surface area contributed by atoms with Crippen LogP contribution in [0.3, 0.4) is 0 Å². The number of Topliss-reactive ketones (excluding diaryl/α,β-unsaturated/α-hetero) is 6. The normalized spacial score (nSPS) is 14.0. The van der Waals surface area contributed by atoms with Crippen LogP contribution in [0.15, 0.2) is 0 Å². The van der Waals surface area contributed by atoms with Crippen LogP contribution >= 0.6 is 0 Å². The maximum Gasteiger partial charge on any atom is 3.00 e. The molecule has 0 saturated heterocycles. The first kappa shape index (κ1) is 62.1. The van der Waals surface area contributed by atoms with Crippen molar-refractivity contribution in [3.63, 3.8) is 0 Å². The van der Waals surface area contributed by atoms with Crippen LogP contribution in [0, 0.1) is 75.4 Å². The van der Waals surface area contributed by atoms with Gasteiger partial charge in [0.05, 0.1) is 17.3 Å². The van der Waals surface area contributed by atoms with Crippen molar-refractivity contribution in [3.8, 4) is 0 Å². The first-order chi connectivity index (χ1) is 24.1. The van der Waals surface area contributed by atoms with E-state index in [0.717, 1.165) is 0 Å². The Morgan fingerprint density at radius 2 is 0.397 bits per heavy atom. The Bertz CT molecular complexity index is 1310. The molecule has 28 heteroatoms. The van der Waals surface area contributed by atoms with Gasteiger partial charge < -0.3 is 28.8 Å². The molecule has 0 N–H and O–H groups in total. The Hall–Kier alpha value is -2.52. The summed E-state index contributed by atoms with van der Waals surface area (Å²) in [7, 11) is 0. The Morgan fingerprint density at radius 3 is 0.483 bits per heavy atom. The van der Waals surface area contributed by atoms with E-state index in [-0.39, 0.29) is 39.9 Å². The van der Waals surface area contributed by atoms with Crippen molar-refractivity contribution < 1.29 is 161 Å². The molecule has 58 heavy (non-hydrogen) atoms. The molecule has 0 rings (SSSR count). The largest absolute Gasteiger partial charge is 3.00 e. The van der Waals surface area contributed by atoms with Crippen molar-refractivity contribution >= 4 is 34.7 Å². The molecule has 0 aromatic heterocycles. The van der Waals surface area contributed by atoms with E-state index in [2.05, 4.69) is 0 Å². The molecule has 1 radical (unpaired) electrons. The molecule has 0 atom stereocenters. The molecule has 0 saturated carbocycles. The van der Waals surface area contributed by atoms with Gasteiger partial charge >= 0.3 is 94.0 Å². The molecular weight excluding hydrogens is 1010 g/mol. The van der Waals surface area contributed by atoms with Crippen LogP contribution in [0.4, 0.5) is 92.2 Å². The van der Waals surface area contributed by atoms with E-state index >= 15 is 0 Å². The molecule has 0 aromatic carbocycles. The number of alkyl halides is 21. The summed E-state index contributed by atoms with van der Waals surface area (Å²) in [5, 5.41) is 0. The van der Waals surface area contributed by atoms with Crippen molar-refractivity contribution in [2.75, 3.05) is 0 Å². The minimum Gasteiger partial charge on any atom is -0.333 e. The third-order valence-electron chi connectivity index (χ3n) is 6.18. The van der Waals surface area contributed by atoms with Gasteiger partial charge in [0.2, 0.25) is 0 Å². The van der Waals surface area contributed by atoms with Crippen LogP contribution in [0.25, 0.3) is 0 Å². The fourth-order valence-corrected chi connectivity index (χ4v) is 2.28. The minimum atomic E-state index is -6.61. The van der Waals surface area contributed by atoms with Gasteiger partial charge in [0.25, 0.3) is 0 Å². The van der Waals surface area contributed by atoms with Gasteiger partial charge in [-0.15, -0.1) is 0 Å². The molecule has 0 heterocycles. The molecule has 341 valence electrons. The van der Waals surface area contributed by atoms with Gasteiger partial charge in [-0.05, 0) is 16.2 Å². The van der Waals surface area contributed by atoms with E-state index in [0.29, 0.717) is 0 Å². The van der Waals surface area contributed by atoms with Crippen LogP contribution in [-0.4, -0.2) is 88.8 Å². The molecule has 0 bridgehead atoms. The molecule has 0 aliphatic carbocycles. The van der Waals surface area contributed by atoms with Gasteiger partial charge in [-0.3, -0.25) is 19.3 Å². The Balaban J connectivity index is -0.000000374. The Labute approximate surface area is 346 Å². The minimum absolute atomic E-state index is 0. The van der Waals surface area contributed by atoms with Crippen LogP contribution < -0.4 is 0 Å². The summed E-state index contributed by atoms with van der Waals surface area (Å²) in [6.45, 7) is 10.6. The zero-order valence-electron chi connectivity index (χ0n) is 30.5. The van der Waals surface area contributed by atoms with E-state index in [4.69, 9.17) is 0 Å². The molecule has 0 spiro atoms. The number of hydrogen-bond acceptors (Lipinski definition) is 6. The smallest absolute Gasteiger partial charge is 0.333 e. The number of carbonyl (C=O) groups excluding carboxylic acids is 6. The molecular formula is C30H30F21GdO6. The third kappa shape index (κ3) is 14.9. The summed E-state index contributed by atoms with van der Waals surface area (Å²) in [6, 6.07) is 0. The first-order valence-electron chi connectivity index (χ1n) is 14.4. The molecule has 0 aliphatic heterocycles. The van der Waals surface area contributed by atoms with Crippen molar-refractivity contribution in [1.29, 1.82) is 0 Å². The SMILES string of the molecule is CC(C)(C)C(=O)[CH-]C(=O)C(F)(F)C(F)(F)C(F)(F)F.CC(C)(C)C(=O)[CH-]C(=O)C(F)(F)C(F)(F)C(F)(F)F.CC(C)(C)C(=O)[CH-]C(=O)C(F)(F)C(F)(F)C(F)(F)F.[Gd+3]. The van der Waals surface area contributed by atoms with Crippen LogP contribution in [0.5, 0.6) is 0 Å². The Morgan fingerprint density at radius 1 is 0.276 bits per heavy atom. The van der Waals surface area contributed by atoms with Crippen LogP contribution in [0.2, 0.25) is 0 Å². The molecule has 0 aliphatic rings. The second-order valence-corrected chi connectivity index (χ2v) is 14.3. The zero-order chi connectivity index (χ0) is 47.6. The maximum atomic E-state index is 12.8. The molecule has 0 aromatic rings. The number of halogens is 21. The number of rotatable bonds is 12. The van der Waals surface area contributed by atoms with Crippen molar-refractivity contribution in [3.05, 3.63) is 19.3 Å². The van der Waals surface area contributed by atoms with E-state index in [1.807, 2.05) is 0 Å². The average Bonchev–Trinajstić information content (AvgIpc) is 2.93. The maximum absolute atomic E-state index is 12.8. The summed E-state index contributed by atoms with van der Waals surface area (Å²) in [6.07, 6.45) is -21.1. The standard InChI is InChI=1S/3C10H10F7O2.Gd/c3*1-7(2,3)5(18)4-6(19)8(11,12)9(13,14)10(15,16)17;/h3*4H,1-3H3;/q3*-1;+3. The van der Waals surface area contributed by atoms with Crippen molar-refractivity contribution in [1.82, 2.24) is 0 Å². The molecule has 0 fully saturated rings. The fraction of sp³-hybridized carbons (Fsp3) is 0.700. The fourth-order valence-electron chi connectivity index (χ4n) is 2.28. The van der Waals surface area contributed by atoms with E-state index in [1.165, 1.54) is 62.3 Å². The topological polar surface area (TPSA) is 102 Å². The van der Waals surface area contributed by atoms with Gasteiger partial charge in [-0.1, -0.05) is 62.3 Å². The zero-order valence-corrected chi connectivity index (χ0v) is 32.7. The number of carbonyl (C=O) groups is 6. The summed E-state index contributed by atoms with van der Waals surface area (Å²) < 4.78 is 258. The summed E-state index contributed by atoms with van der Waals surface area (Å²) >= 11 is 0. The predicted octanol–water partition coefficient (Wildman–Crippen LogP) is 9.62. The van der Waals surface area contributed by atoms with Crippen LogP contribution in [-0.2, 0) is 28.8 Å².